The van der Waals surface area contributed by atoms with Gasteiger partial charge in [0.1, 0.15) is 0 Å². The van der Waals surface area contributed by atoms with Crippen molar-refractivity contribution in [1.82, 2.24) is 15.5 Å². The molecule has 0 saturated carbocycles. The highest BCUT2D eigenvalue weighted by Crippen LogP contribution is 2.09. The Bertz CT molecular complexity index is 292. The number of amides is 2. The maximum Gasteiger partial charge on any atom is 0.332 e. The summed E-state index contributed by atoms with van der Waals surface area (Å²) in [6.07, 6.45) is 0.430. The lowest BCUT2D eigenvalue weighted by atomic mass is 10.1. The minimum absolute atomic E-state index is 0.0150. The number of nitrogens with zero attached hydrogens (tertiary/aromatic N) is 1. The van der Waals surface area contributed by atoms with Gasteiger partial charge in [0.15, 0.2) is 6.10 Å². The van der Waals surface area contributed by atoms with Crippen molar-refractivity contribution in [3.63, 3.8) is 0 Å². The number of hydrogen-bond donors (Lipinski definition) is 4. The summed E-state index contributed by atoms with van der Waals surface area (Å²) in [5.74, 6) is -1.27. The number of hydrogen-bond acceptors (Lipinski definition) is 4. The molecule has 0 unspecified atom stereocenters. The molecule has 1 atom stereocenters. The van der Waals surface area contributed by atoms with Gasteiger partial charge in [0, 0.05) is 26.1 Å². The minimum atomic E-state index is -1.42. The summed E-state index contributed by atoms with van der Waals surface area (Å²) in [5.41, 5.74) is 0. The van der Waals surface area contributed by atoms with E-state index in [0.717, 1.165) is 25.9 Å². The third kappa shape index (κ3) is 4.50. The predicted octanol–water partition coefficient (Wildman–Crippen LogP) is -0.785. The second kappa shape index (κ2) is 7.17. The fraction of sp³-hybridized carbons (Fsp3) is 0.818. The first-order valence-electron chi connectivity index (χ1n) is 6.14. The number of piperidine rings is 1. The van der Waals surface area contributed by atoms with Gasteiger partial charge in [-0.1, -0.05) is 0 Å². The van der Waals surface area contributed by atoms with Crippen molar-refractivity contribution in [2.45, 2.75) is 31.4 Å². The number of carbonyl (C=O) groups is 2. The summed E-state index contributed by atoms with van der Waals surface area (Å²) >= 11 is 0. The van der Waals surface area contributed by atoms with Crippen LogP contribution >= 0.6 is 0 Å². The molecule has 2 amide bonds. The number of rotatable bonds is 5. The summed E-state index contributed by atoms with van der Waals surface area (Å²) in [5, 5.41) is 23.4. The molecule has 1 aliphatic rings. The van der Waals surface area contributed by atoms with E-state index in [1.54, 1.807) is 11.9 Å². The molecule has 1 saturated heterocycles. The van der Waals surface area contributed by atoms with Crippen LogP contribution in [0.25, 0.3) is 0 Å². The number of aliphatic hydroxyl groups is 1. The van der Waals surface area contributed by atoms with Crippen molar-refractivity contribution in [3.05, 3.63) is 0 Å². The van der Waals surface area contributed by atoms with Crippen LogP contribution in [-0.4, -0.2) is 65.9 Å². The molecule has 0 aromatic rings. The molecular formula is C11H21N3O4. The first-order chi connectivity index (χ1) is 8.52. The molecule has 1 aliphatic heterocycles. The second-order valence-corrected chi connectivity index (χ2v) is 4.47. The lowest BCUT2D eigenvalue weighted by Crippen LogP contribution is -2.48. The van der Waals surface area contributed by atoms with Gasteiger partial charge in [-0.25, -0.2) is 9.59 Å². The number of carboxylic acids is 1. The number of aliphatic carboxylic acids is 1. The highest BCUT2D eigenvalue weighted by atomic mass is 16.4. The van der Waals surface area contributed by atoms with E-state index in [1.165, 1.54) is 0 Å². The Morgan fingerprint density at radius 1 is 1.44 bits per heavy atom. The van der Waals surface area contributed by atoms with Gasteiger partial charge in [0.2, 0.25) is 0 Å². The third-order valence-electron chi connectivity index (χ3n) is 3.16. The summed E-state index contributed by atoms with van der Waals surface area (Å²) in [6.45, 7) is 1.96. The average molecular weight is 259 g/mol. The fourth-order valence-electron chi connectivity index (χ4n) is 1.92. The molecule has 0 bridgehead atoms. The van der Waals surface area contributed by atoms with Crippen molar-refractivity contribution in [3.8, 4) is 0 Å². The molecule has 0 spiro atoms. The van der Waals surface area contributed by atoms with E-state index < -0.39 is 12.1 Å². The molecule has 7 heteroatoms. The Balaban J connectivity index is 2.24. The zero-order valence-electron chi connectivity index (χ0n) is 10.6. The molecule has 0 radical (unpaired) electrons. The van der Waals surface area contributed by atoms with Crippen LogP contribution in [0.15, 0.2) is 0 Å². The van der Waals surface area contributed by atoms with Crippen LogP contribution in [0.3, 0.4) is 0 Å². The van der Waals surface area contributed by atoms with Crippen molar-refractivity contribution in [2.24, 2.45) is 0 Å². The van der Waals surface area contributed by atoms with E-state index >= 15 is 0 Å². The van der Waals surface area contributed by atoms with Gasteiger partial charge in [-0.15, -0.1) is 0 Å². The van der Waals surface area contributed by atoms with Crippen LogP contribution in [0.5, 0.6) is 0 Å². The monoisotopic (exact) mass is 259 g/mol. The minimum Gasteiger partial charge on any atom is -0.479 e. The van der Waals surface area contributed by atoms with Crippen LogP contribution in [-0.2, 0) is 4.79 Å². The zero-order chi connectivity index (χ0) is 13.5. The molecule has 4 N–H and O–H groups in total. The van der Waals surface area contributed by atoms with Gasteiger partial charge in [-0.05, 0) is 25.9 Å². The second-order valence-electron chi connectivity index (χ2n) is 4.47. The molecule has 1 rings (SSSR count). The number of carboxylic acid groups (broad SMARTS) is 1. The highest BCUT2D eigenvalue weighted by molar-refractivity contribution is 5.74. The molecule has 7 nitrogen and oxygen atoms in total. The normalized spacial score (nSPS) is 18.1. The summed E-state index contributed by atoms with van der Waals surface area (Å²) < 4.78 is 0. The van der Waals surface area contributed by atoms with Crippen LogP contribution in [0, 0.1) is 0 Å². The first kappa shape index (κ1) is 14.7. The summed E-state index contributed by atoms with van der Waals surface area (Å²) in [6, 6.07) is -0.00450. The Morgan fingerprint density at radius 3 is 2.61 bits per heavy atom. The average Bonchev–Trinajstić information content (AvgIpc) is 2.38. The predicted molar refractivity (Wildman–Crippen MR) is 65.3 cm³/mol. The maximum absolute atomic E-state index is 11.8. The van der Waals surface area contributed by atoms with Crippen LogP contribution in [0.2, 0.25) is 0 Å². The van der Waals surface area contributed by atoms with Crippen LogP contribution in [0.4, 0.5) is 4.79 Å². The zero-order valence-corrected chi connectivity index (χ0v) is 10.6. The third-order valence-corrected chi connectivity index (χ3v) is 3.16. The standard InChI is InChI=1S/C11H21N3O4/c1-14(8-2-5-12-6-3-8)11(18)13-7-4-9(15)10(16)17/h8-9,12,15H,2-7H2,1H3,(H,13,18)(H,16,17)/t9-/m0/s1. The molecule has 0 aromatic carbocycles. The van der Waals surface area contributed by atoms with E-state index in [4.69, 9.17) is 10.2 Å². The fourth-order valence-corrected chi connectivity index (χ4v) is 1.92. The Hall–Kier alpha value is -1.34. The van der Waals surface area contributed by atoms with Crippen molar-refractivity contribution in [1.29, 1.82) is 0 Å². The molecule has 0 aliphatic carbocycles. The van der Waals surface area contributed by atoms with E-state index in [9.17, 15) is 9.59 Å². The van der Waals surface area contributed by atoms with E-state index in [1.807, 2.05) is 0 Å². The van der Waals surface area contributed by atoms with Gasteiger partial charge in [0.25, 0.3) is 0 Å². The molecule has 1 heterocycles. The Labute approximate surface area is 106 Å². The summed E-state index contributed by atoms with van der Waals surface area (Å²) in [4.78, 5) is 23.8. The molecule has 1 fully saturated rings. The van der Waals surface area contributed by atoms with Crippen LogP contribution in [0.1, 0.15) is 19.3 Å². The molecule has 104 valence electrons. The van der Waals surface area contributed by atoms with Gasteiger partial charge >= 0.3 is 12.0 Å². The SMILES string of the molecule is CN(C(=O)NCC[C@H](O)C(=O)O)C1CCNCC1. The van der Waals surface area contributed by atoms with Gasteiger partial charge in [0.05, 0.1) is 0 Å². The quantitative estimate of drug-likeness (QED) is 0.518. The van der Waals surface area contributed by atoms with E-state index in [2.05, 4.69) is 10.6 Å². The molecule has 0 aromatic heterocycles. The number of aliphatic hydroxyl groups excluding tert-OH is 1. The maximum atomic E-state index is 11.8. The van der Waals surface area contributed by atoms with Crippen molar-refractivity contribution in [2.75, 3.05) is 26.7 Å². The van der Waals surface area contributed by atoms with Crippen molar-refractivity contribution >= 4 is 12.0 Å². The Morgan fingerprint density at radius 2 is 2.06 bits per heavy atom. The number of urea groups is 1. The highest BCUT2D eigenvalue weighted by Gasteiger charge is 2.22. The van der Waals surface area contributed by atoms with E-state index in [0.29, 0.717) is 0 Å². The van der Waals surface area contributed by atoms with Gasteiger partial charge in [-0.2, -0.15) is 0 Å². The lowest BCUT2D eigenvalue weighted by molar-refractivity contribution is -0.146. The lowest BCUT2D eigenvalue weighted by Gasteiger charge is -2.31. The first-order valence-corrected chi connectivity index (χ1v) is 6.14. The molecular weight excluding hydrogens is 238 g/mol. The Kier molecular flexibility index (Phi) is 5.87. The smallest absolute Gasteiger partial charge is 0.332 e. The van der Waals surface area contributed by atoms with E-state index in [-0.39, 0.29) is 25.0 Å². The van der Waals surface area contributed by atoms with Crippen molar-refractivity contribution < 1.29 is 19.8 Å². The van der Waals surface area contributed by atoms with Crippen LogP contribution < -0.4 is 10.6 Å². The molecule has 18 heavy (non-hydrogen) atoms. The number of carbonyl (C=O) groups excluding carboxylic acids is 1. The van der Waals surface area contributed by atoms with Gasteiger partial charge < -0.3 is 25.7 Å². The van der Waals surface area contributed by atoms with Gasteiger partial charge in [-0.3, -0.25) is 0 Å². The summed E-state index contributed by atoms with van der Waals surface area (Å²) in [7, 11) is 1.74. The topological polar surface area (TPSA) is 102 Å². The largest absolute Gasteiger partial charge is 0.479 e. The number of nitrogens with one attached hydrogen (secondary N) is 2.